The summed E-state index contributed by atoms with van der Waals surface area (Å²) in [6.45, 7) is 5.44. The van der Waals surface area contributed by atoms with Crippen molar-refractivity contribution >= 4 is 23.2 Å². The van der Waals surface area contributed by atoms with Crippen molar-refractivity contribution in [2.24, 2.45) is 5.41 Å². The molecule has 0 unspecified atom stereocenters. The van der Waals surface area contributed by atoms with Crippen LogP contribution in [0.3, 0.4) is 0 Å². The van der Waals surface area contributed by atoms with E-state index in [4.69, 9.17) is 4.74 Å². The second-order valence-electron chi connectivity index (χ2n) is 6.97. The van der Waals surface area contributed by atoms with Gasteiger partial charge < -0.3 is 10.1 Å². The number of halogens is 1. The Bertz CT molecular complexity index is 705. The van der Waals surface area contributed by atoms with Gasteiger partial charge >= 0.3 is 5.97 Å². The van der Waals surface area contributed by atoms with Crippen LogP contribution < -0.4 is 5.32 Å². The Morgan fingerprint density at radius 3 is 2.44 bits per heavy atom. The largest absolute Gasteiger partial charge is 0.456 e. The van der Waals surface area contributed by atoms with Gasteiger partial charge in [0, 0.05) is 4.88 Å². The Kier molecular flexibility index (Phi) is 6.31. The van der Waals surface area contributed by atoms with Crippen molar-refractivity contribution in [2.45, 2.75) is 33.2 Å². The lowest BCUT2D eigenvalue weighted by Crippen LogP contribution is -2.33. The molecule has 0 fully saturated rings. The molecular formula is C19H22FNO3S. The highest BCUT2D eigenvalue weighted by Gasteiger charge is 2.21. The predicted molar refractivity (Wildman–Crippen MR) is 95.7 cm³/mol. The molecule has 1 heterocycles. The number of hydrogen-bond donors (Lipinski definition) is 1. The molecular weight excluding hydrogens is 341 g/mol. The first-order valence-electron chi connectivity index (χ1n) is 7.98. The molecule has 1 amide bonds. The smallest absolute Gasteiger partial charge is 0.306 e. The Morgan fingerprint density at radius 1 is 1.20 bits per heavy atom. The third kappa shape index (κ3) is 6.31. The van der Waals surface area contributed by atoms with Crippen molar-refractivity contribution in [1.29, 1.82) is 0 Å². The third-order valence-electron chi connectivity index (χ3n) is 3.38. The molecule has 1 aromatic carbocycles. The maximum absolute atomic E-state index is 13.2. The number of rotatable bonds is 6. The van der Waals surface area contributed by atoms with Crippen LogP contribution in [-0.4, -0.2) is 18.5 Å². The van der Waals surface area contributed by atoms with Gasteiger partial charge in [-0.25, -0.2) is 4.39 Å². The maximum Gasteiger partial charge on any atom is 0.306 e. The number of amides is 1. The number of thiophene rings is 1. The van der Waals surface area contributed by atoms with Crippen LogP contribution in [0.25, 0.3) is 0 Å². The number of carbonyl (C=O) groups excluding carboxylic acids is 2. The summed E-state index contributed by atoms with van der Waals surface area (Å²) >= 11 is 1.49. The minimum Gasteiger partial charge on any atom is -0.456 e. The number of carbonyl (C=O) groups is 2. The first-order chi connectivity index (χ1) is 11.7. The molecule has 2 aromatic rings. The molecule has 0 aliphatic heterocycles. The number of nitrogens with one attached hydrogen (secondary N) is 1. The van der Waals surface area contributed by atoms with Crippen LogP contribution in [0.5, 0.6) is 0 Å². The molecule has 0 radical (unpaired) electrons. The Hall–Kier alpha value is -2.21. The third-order valence-corrected chi connectivity index (χ3v) is 4.31. The van der Waals surface area contributed by atoms with Gasteiger partial charge in [-0.1, -0.05) is 39.0 Å². The van der Waals surface area contributed by atoms with Gasteiger partial charge in [0.25, 0.3) is 5.91 Å². The van der Waals surface area contributed by atoms with E-state index < -0.39 is 17.9 Å². The zero-order valence-corrected chi connectivity index (χ0v) is 15.4. The summed E-state index contributed by atoms with van der Waals surface area (Å²) in [5.74, 6) is -1.14. The molecule has 6 heteroatoms. The quantitative estimate of drug-likeness (QED) is 0.787. The highest BCUT2D eigenvalue weighted by molar-refractivity contribution is 7.10. The SMILES string of the molecule is CC(C)(C)CC(=O)OCC(=O)N[C@H](c1ccc(F)cc1)c1cccs1. The highest BCUT2D eigenvalue weighted by atomic mass is 32.1. The molecule has 0 aliphatic carbocycles. The monoisotopic (exact) mass is 363 g/mol. The van der Waals surface area contributed by atoms with Crippen molar-refractivity contribution in [2.75, 3.05) is 6.61 Å². The summed E-state index contributed by atoms with van der Waals surface area (Å²) in [5.41, 5.74) is 0.569. The van der Waals surface area contributed by atoms with Crippen LogP contribution >= 0.6 is 11.3 Å². The number of hydrogen-bond acceptors (Lipinski definition) is 4. The van der Waals surface area contributed by atoms with Gasteiger partial charge in [-0.2, -0.15) is 0 Å². The maximum atomic E-state index is 13.2. The number of esters is 1. The van der Waals surface area contributed by atoms with E-state index in [1.165, 1.54) is 23.5 Å². The summed E-state index contributed by atoms with van der Waals surface area (Å²) < 4.78 is 18.2. The van der Waals surface area contributed by atoms with Crippen LogP contribution in [0, 0.1) is 11.2 Å². The molecule has 1 atom stereocenters. The van der Waals surface area contributed by atoms with Gasteiger partial charge in [0.1, 0.15) is 5.82 Å². The minimum atomic E-state index is -0.408. The normalized spacial score (nSPS) is 12.5. The average Bonchev–Trinajstić information content (AvgIpc) is 3.04. The van der Waals surface area contributed by atoms with Gasteiger partial charge in [0.2, 0.25) is 0 Å². The lowest BCUT2D eigenvalue weighted by Gasteiger charge is -2.19. The molecule has 0 saturated carbocycles. The Morgan fingerprint density at radius 2 is 1.88 bits per heavy atom. The fraction of sp³-hybridized carbons (Fsp3) is 0.368. The molecule has 25 heavy (non-hydrogen) atoms. The Balaban J connectivity index is 2.01. The van der Waals surface area contributed by atoms with Gasteiger partial charge in [0.15, 0.2) is 6.61 Å². The van der Waals surface area contributed by atoms with E-state index in [9.17, 15) is 14.0 Å². The van der Waals surface area contributed by atoms with Gasteiger partial charge in [0.05, 0.1) is 12.5 Å². The molecule has 4 nitrogen and oxygen atoms in total. The molecule has 0 bridgehead atoms. The molecule has 134 valence electrons. The summed E-state index contributed by atoms with van der Waals surface area (Å²) in [6.07, 6.45) is 0.243. The van der Waals surface area contributed by atoms with Crippen LogP contribution in [0.15, 0.2) is 41.8 Å². The summed E-state index contributed by atoms with van der Waals surface area (Å²) in [7, 11) is 0. The molecule has 0 spiro atoms. The van der Waals surface area contributed by atoms with Crippen molar-refractivity contribution < 1.29 is 18.7 Å². The standard InChI is InChI=1S/C19H22FNO3S/c1-19(2,3)11-17(23)24-12-16(22)21-18(15-5-4-10-25-15)13-6-8-14(20)9-7-13/h4-10,18H,11-12H2,1-3H3,(H,21,22)/t18-/m1/s1. The zero-order valence-electron chi connectivity index (χ0n) is 14.5. The highest BCUT2D eigenvalue weighted by Crippen LogP contribution is 2.26. The lowest BCUT2D eigenvalue weighted by molar-refractivity contribution is -0.150. The molecule has 2 rings (SSSR count). The topological polar surface area (TPSA) is 55.4 Å². The van der Waals surface area contributed by atoms with Gasteiger partial charge in [-0.05, 0) is 34.6 Å². The van der Waals surface area contributed by atoms with E-state index in [1.54, 1.807) is 12.1 Å². The molecule has 0 saturated heterocycles. The van der Waals surface area contributed by atoms with E-state index in [1.807, 2.05) is 38.3 Å². The molecule has 1 aromatic heterocycles. The second-order valence-corrected chi connectivity index (χ2v) is 7.94. The number of ether oxygens (including phenoxy) is 1. The van der Waals surface area contributed by atoms with Crippen molar-refractivity contribution in [1.82, 2.24) is 5.32 Å². The van der Waals surface area contributed by atoms with E-state index in [2.05, 4.69) is 5.32 Å². The molecule has 0 aliphatic rings. The van der Waals surface area contributed by atoms with Crippen molar-refractivity contribution in [3.8, 4) is 0 Å². The zero-order chi connectivity index (χ0) is 18.4. The summed E-state index contributed by atoms with van der Waals surface area (Å²) in [6, 6.07) is 9.33. The van der Waals surface area contributed by atoms with Crippen LogP contribution in [0.2, 0.25) is 0 Å². The average molecular weight is 363 g/mol. The van der Waals surface area contributed by atoms with Gasteiger partial charge in [-0.15, -0.1) is 11.3 Å². The van der Waals surface area contributed by atoms with Crippen LogP contribution in [0.1, 0.15) is 43.7 Å². The van der Waals surface area contributed by atoms with Crippen LogP contribution in [0.4, 0.5) is 4.39 Å². The fourth-order valence-electron chi connectivity index (χ4n) is 2.26. The van der Waals surface area contributed by atoms with Gasteiger partial charge in [-0.3, -0.25) is 9.59 Å². The minimum absolute atomic E-state index is 0.193. The van der Waals surface area contributed by atoms with E-state index in [-0.39, 0.29) is 24.3 Å². The first-order valence-corrected chi connectivity index (χ1v) is 8.86. The first kappa shape index (κ1) is 19.1. The van der Waals surface area contributed by atoms with Crippen molar-refractivity contribution in [3.05, 3.63) is 58.0 Å². The van der Waals surface area contributed by atoms with E-state index >= 15 is 0 Å². The fourth-order valence-corrected chi connectivity index (χ4v) is 3.06. The molecule has 1 N–H and O–H groups in total. The van der Waals surface area contributed by atoms with Crippen LogP contribution in [-0.2, 0) is 14.3 Å². The van der Waals surface area contributed by atoms with E-state index in [0.717, 1.165) is 10.4 Å². The second kappa shape index (κ2) is 8.25. The summed E-state index contributed by atoms with van der Waals surface area (Å²) in [5, 5.41) is 4.75. The Labute approximate surface area is 151 Å². The van der Waals surface area contributed by atoms with Crippen molar-refractivity contribution in [3.63, 3.8) is 0 Å². The lowest BCUT2D eigenvalue weighted by atomic mass is 9.92. The predicted octanol–water partition coefficient (Wildman–Crippen LogP) is 4.07. The summed E-state index contributed by atoms with van der Waals surface area (Å²) in [4.78, 5) is 24.9. The van der Waals surface area contributed by atoms with E-state index in [0.29, 0.717) is 0 Å². The number of benzene rings is 1.